The van der Waals surface area contributed by atoms with E-state index in [-0.39, 0.29) is 17.7 Å². The Kier molecular flexibility index (Phi) is 6.59. The quantitative estimate of drug-likeness (QED) is 0.619. The van der Waals surface area contributed by atoms with Crippen molar-refractivity contribution in [1.29, 1.82) is 0 Å². The number of hydrogen-bond donors (Lipinski definition) is 1. The highest BCUT2D eigenvalue weighted by molar-refractivity contribution is 5.94. The van der Waals surface area contributed by atoms with E-state index in [4.69, 9.17) is 4.74 Å². The summed E-state index contributed by atoms with van der Waals surface area (Å²) in [6, 6.07) is 7.40. The first-order valence-electron chi connectivity index (χ1n) is 8.26. The molecule has 0 aliphatic carbocycles. The Morgan fingerprint density at radius 3 is 2.96 bits per heavy atom. The molecule has 1 heterocycles. The molecule has 1 aliphatic rings. The van der Waals surface area contributed by atoms with Crippen molar-refractivity contribution in [3.63, 3.8) is 0 Å². The number of benzene rings is 1. The predicted molar refractivity (Wildman–Crippen MR) is 89.8 cm³/mol. The molecule has 0 radical (unpaired) electrons. The largest absolute Gasteiger partial charge is 0.494 e. The first kappa shape index (κ1) is 17.5. The van der Waals surface area contributed by atoms with E-state index >= 15 is 0 Å². The van der Waals surface area contributed by atoms with Crippen LogP contribution in [-0.2, 0) is 4.79 Å². The van der Waals surface area contributed by atoms with Crippen LogP contribution in [0.3, 0.4) is 0 Å². The van der Waals surface area contributed by atoms with Gasteiger partial charge in [-0.05, 0) is 51.9 Å². The lowest BCUT2D eigenvalue weighted by atomic mass is 10.1. The second-order valence-corrected chi connectivity index (χ2v) is 6.20. The molecule has 1 saturated heterocycles. The molecule has 1 aromatic carbocycles. The average molecular weight is 318 g/mol. The van der Waals surface area contributed by atoms with Gasteiger partial charge in [-0.2, -0.15) is 0 Å². The lowest BCUT2D eigenvalue weighted by Crippen LogP contribution is -2.46. The minimum atomic E-state index is 0.0206. The fourth-order valence-corrected chi connectivity index (χ4v) is 2.81. The summed E-state index contributed by atoms with van der Waals surface area (Å²) in [5.41, 5.74) is 0.640. The van der Waals surface area contributed by atoms with E-state index in [2.05, 4.69) is 17.3 Å². The Bertz CT molecular complexity index is 545. The lowest BCUT2D eigenvalue weighted by molar-refractivity contribution is -0.122. The van der Waals surface area contributed by atoms with Crippen LogP contribution in [0.2, 0.25) is 0 Å². The first-order chi connectivity index (χ1) is 11.0. The summed E-state index contributed by atoms with van der Waals surface area (Å²) in [6.07, 6.45) is 3.33. The van der Waals surface area contributed by atoms with Gasteiger partial charge in [-0.3, -0.25) is 9.59 Å². The van der Waals surface area contributed by atoms with Gasteiger partial charge in [-0.15, -0.1) is 0 Å². The number of rotatable bonds is 7. The van der Waals surface area contributed by atoms with Gasteiger partial charge in [0.05, 0.1) is 6.61 Å². The Labute approximate surface area is 138 Å². The topological polar surface area (TPSA) is 58.6 Å². The molecule has 0 unspecified atom stereocenters. The summed E-state index contributed by atoms with van der Waals surface area (Å²) in [7, 11) is 2.08. The summed E-state index contributed by atoms with van der Waals surface area (Å²) in [6.45, 7) is 4.05. The van der Waals surface area contributed by atoms with Crippen LogP contribution in [0.15, 0.2) is 24.3 Å². The predicted octanol–water partition coefficient (Wildman–Crippen LogP) is 2.26. The van der Waals surface area contributed by atoms with E-state index in [0.29, 0.717) is 30.8 Å². The Morgan fingerprint density at radius 1 is 1.39 bits per heavy atom. The molecule has 1 amide bonds. The Morgan fingerprint density at radius 2 is 2.22 bits per heavy atom. The highest BCUT2D eigenvalue weighted by atomic mass is 16.5. The summed E-state index contributed by atoms with van der Waals surface area (Å²) >= 11 is 0. The van der Waals surface area contributed by atoms with Crippen molar-refractivity contribution in [2.75, 3.05) is 26.7 Å². The van der Waals surface area contributed by atoms with Crippen LogP contribution in [0, 0.1) is 0 Å². The smallest absolute Gasteiger partial charge is 0.220 e. The zero-order valence-electron chi connectivity index (χ0n) is 14.0. The number of amides is 1. The maximum Gasteiger partial charge on any atom is 0.220 e. The number of Topliss-reactive ketones (excluding diaryl/α,β-unsaturated/α-hetero) is 1. The van der Waals surface area contributed by atoms with E-state index in [0.717, 1.165) is 25.9 Å². The number of nitrogens with zero attached hydrogens (tertiary/aromatic N) is 1. The van der Waals surface area contributed by atoms with Crippen LogP contribution in [-0.4, -0.2) is 49.4 Å². The molecular weight excluding hydrogens is 292 g/mol. The molecule has 5 nitrogen and oxygen atoms in total. The van der Waals surface area contributed by atoms with Gasteiger partial charge in [0, 0.05) is 24.6 Å². The third-order valence-electron chi connectivity index (χ3n) is 4.05. The molecule has 1 aliphatic heterocycles. The number of likely N-dealkylation sites (tertiary alicyclic amines) is 1. The van der Waals surface area contributed by atoms with Crippen molar-refractivity contribution in [2.45, 2.75) is 38.6 Å². The van der Waals surface area contributed by atoms with Gasteiger partial charge < -0.3 is 15.0 Å². The molecular formula is C18H26N2O3. The molecule has 1 aromatic rings. The Hall–Kier alpha value is -1.88. The number of ether oxygens (including phenoxy) is 1. The molecule has 0 aromatic heterocycles. The maximum atomic E-state index is 11.9. The monoisotopic (exact) mass is 318 g/mol. The van der Waals surface area contributed by atoms with Crippen molar-refractivity contribution in [2.24, 2.45) is 0 Å². The van der Waals surface area contributed by atoms with E-state index in [9.17, 15) is 9.59 Å². The van der Waals surface area contributed by atoms with Gasteiger partial charge in [0.1, 0.15) is 5.75 Å². The zero-order chi connectivity index (χ0) is 16.7. The van der Waals surface area contributed by atoms with Gasteiger partial charge in [0.2, 0.25) is 5.91 Å². The van der Waals surface area contributed by atoms with Crippen molar-refractivity contribution < 1.29 is 14.3 Å². The summed E-state index contributed by atoms with van der Waals surface area (Å²) in [5, 5.41) is 3.09. The average Bonchev–Trinajstić information content (AvgIpc) is 2.52. The molecule has 0 spiro atoms. The molecule has 5 heteroatoms. The first-order valence-corrected chi connectivity index (χ1v) is 8.26. The van der Waals surface area contributed by atoms with E-state index < -0.39 is 0 Å². The molecule has 1 N–H and O–H groups in total. The standard InChI is InChI=1S/C18H26N2O3/c1-14(21)15-6-3-8-17(12-15)23-11-5-9-18(22)19-16-7-4-10-20(2)13-16/h3,6,8,12,16H,4-5,7,9-11,13H2,1-2H3,(H,19,22)/t16-/m0/s1. The normalized spacial score (nSPS) is 18.4. The third kappa shape index (κ3) is 6.02. The van der Waals surface area contributed by atoms with Crippen molar-refractivity contribution in [3.05, 3.63) is 29.8 Å². The van der Waals surface area contributed by atoms with Crippen LogP contribution < -0.4 is 10.1 Å². The number of likely N-dealkylation sites (N-methyl/N-ethyl adjacent to an activating group) is 1. The van der Waals surface area contributed by atoms with E-state index in [1.807, 2.05) is 6.07 Å². The molecule has 23 heavy (non-hydrogen) atoms. The fourth-order valence-electron chi connectivity index (χ4n) is 2.81. The highest BCUT2D eigenvalue weighted by Gasteiger charge is 2.18. The third-order valence-corrected chi connectivity index (χ3v) is 4.05. The number of carbonyl (C=O) groups is 2. The minimum Gasteiger partial charge on any atom is -0.494 e. The van der Waals surface area contributed by atoms with Gasteiger partial charge >= 0.3 is 0 Å². The van der Waals surface area contributed by atoms with Crippen LogP contribution >= 0.6 is 0 Å². The second kappa shape index (κ2) is 8.67. The van der Waals surface area contributed by atoms with Crippen LogP contribution in [0.4, 0.5) is 0 Å². The summed E-state index contributed by atoms with van der Waals surface area (Å²) in [5.74, 6) is 0.783. The van der Waals surface area contributed by atoms with E-state index in [1.165, 1.54) is 6.92 Å². The van der Waals surface area contributed by atoms with E-state index in [1.54, 1.807) is 18.2 Å². The van der Waals surface area contributed by atoms with Crippen LogP contribution in [0.5, 0.6) is 5.75 Å². The van der Waals surface area contributed by atoms with Crippen molar-refractivity contribution in [3.8, 4) is 5.75 Å². The molecule has 2 rings (SSSR count). The molecule has 1 atom stereocenters. The summed E-state index contributed by atoms with van der Waals surface area (Å²) < 4.78 is 5.61. The lowest BCUT2D eigenvalue weighted by Gasteiger charge is -2.30. The fraction of sp³-hybridized carbons (Fsp3) is 0.556. The van der Waals surface area contributed by atoms with Crippen molar-refractivity contribution >= 4 is 11.7 Å². The van der Waals surface area contributed by atoms with Gasteiger partial charge in [0.15, 0.2) is 5.78 Å². The van der Waals surface area contributed by atoms with Gasteiger partial charge in [-0.1, -0.05) is 12.1 Å². The number of carbonyl (C=O) groups excluding carboxylic acids is 2. The molecule has 1 fully saturated rings. The molecule has 0 bridgehead atoms. The number of hydrogen-bond acceptors (Lipinski definition) is 4. The molecule has 126 valence electrons. The maximum absolute atomic E-state index is 11.9. The SMILES string of the molecule is CC(=O)c1cccc(OCCCC(=O)N[C@H]2CCCN(C)C2)c1. The minimum absolute atomic E-state index is 0.0206. The zero-order valence-corrected chi connectivity index (χ0v) is 14.0. The van der Waals surface area contributed by atoms with Crippen LogP contribution in [0.25, 0.3) is 0 Å². The van der Waals surface area contributed by atoms with Gasteiger partial charge in [-0.25, -0.2) is 0 Å². The summed E-state index contributed by atoms with van der Waals surface area (Å²) in [4.78, 5) is 25.5. The van der Waals surface area contributed by atoms with Crippen LogP contribution in [0.1, 0.15) is 43.0 Å². The number of nitrogens with one attached hydrogen (secondary N) is 1. The Balaban J connectivity index is 1.66. The second-order valence-electron chi connectivity index (χ2n) is 6.20. The van der Waals surface area contributed by atoms with Crippen molar-refractivity contribution in [1.82, 2.24) is 10.2 Å². The number of piperidine rings is 1. The molecule has 0 saturated carbocycles. The highest BCUT2D eigenvalue weighted by Crippen LogP contribution is 2.14. The number of ketones is 1. The van der Waals surface area contributed by atoms with Gasteiger partial charge in [0.25, 0.3) is 0 Å².